The molecule has 2 aromatic rings. The van der Waals surface area contributed by atoms with Crippen molar-refractivity contribution in [2.24, 2.45) is 14.1 Å². The summed E-state index contributed by atoms with van der Waals surface area (Å²) in [4.78, 5) is 26.7. The molecule has 25 heavy (non-hydrogen) atoms. The lowest BCUT2D eigenvalue weighted by Gasteiger charge is -2.42. The molecule has 1 atom stereocenters. The number of carbonyl (C=O) groups excluding carboxylic acids is 2. The van der Waals surface area contributed by atoms with E-state index in [0.717, 1.165) is 18.4 Å². The maximum atomic E-state index is 12.7. The van der Waals surface area contributed by atoms with Crippen molar-refractivity contribution < 1.29 is 9.59 Å². The summed E-state index contributed by atoms with van der Waals surface area (Å²) in [7, 11) is 3.77. The molecule has 0 aromatic carbocycles. The Hall–Kier alpha value is -2.57. The molecule has 0 saturated carbocycles. The summed E-state index contributed by atoms with van der Waals surface area (Å²) in [6, 6.07) is 3.73. The van der Waals surface area contributed by atoms with Gasteiger partial charge in [-0.15, -0.1) is 0 Å². The summed E-state index contributed by atoms with van der Waals surface area (Å²) in [6.07, 6.45) is 7.77. The number of carbonyl (C=O) groups is 2. The molecule has 4 heterocycles. The van der Waals surface area contributed by atoms with Crippen LogP contribution in [-0.2, 0) is 18.9 Å². The van der Waals surface area contributed by atoms with Crippen LogP contribution in [0.25, 0.3) is 0 Å². The SMILES string of the molecule is Cn1cc([C@H]2CC(=O)NC23CCN(C(=O)c2cccn2C)CC3)cn1. The first-order valence-corrected chi connectivity index (χ1v) is 8.69. The molecule has 0 bridgehead atoms. The van der Waals surface area contributed by atoms with E-state index in [1.165, 1.54) is 0 Å². The largest absolute Gasteiger partial charge is 0.350 e. The van der Waals surface area contributed by atoms with Gasteiger partial charge in [0.2, 0.25) is 5.91 Å². The molecule has 4 rings (SSSR count). The molecular formula is C18H23N5O2. The van der Waals surface area contributed by atoms with Gasteiger partial charge in [-0.3, -0.25) is 14.3 Å². The van der Waals surface area contributed by atoms with Crippen LogP contribution in [0.4, 0.5) is 0 Å². The van der Waals surface area contributed by atoms with Gasteiger partial charge < -0.3 is 14.8 Å². The summed E-state index contributed by atoms with van der Waals surface area (Å²) in [5.74, 6) is 0.279. The summed E-state index contributed by atoms with van der Waals surface area (Å²) < 4.78 is 3.63. The van der Waals surface area contributed by atoms with Gasteiger partial charge in [-0.05, 0) is 30.5 Å². The number of hydrogen-bond acceptors (Lipinski definition) is 3. The van der Waals surface area contributed by atoms with Gasteiger partial charge in [0.1, 0.15) is 5.69 Å². The minimum atomic E-state index is -0.259. The predicted molar refractivity (Wildman–Crippen MR) is 92.0 cm³/mol. The van der Waals surface area contributed by atoms with Gasteiger partial charge in [0.25, 0.3) is 5.91 Å². The molecule has 2 fully saturated rings. The number of rotatable bonds is 2. The van der Waals surface area contributed by atoms with Crippen LogP contribution in [0.5, 0.6) is 0 Å². The molecular weight excluding hydrogens is 318 g/mol. The van der Waals surface area contributed by atoms with Crippen LogP contribution < -0.4 is 5.32 Å². The highest BCUT2D eigenvalue weighted by Crippen LogP contribution is 2.43. The minimum Gasteiger partial charge on any atom is -0.350 e. The van der Waals surface area contributed by atoms with E-state index in [1.807, 2.05) is 54.3 Å². The summed E-state index contributed by atoms with van der Waals surface area (Å²) in [6.45, 7) is 1.31. The third kappa shape index (κ3) is 2.63. The van der Waals surface area contributed by atoms with Gasteiger partial charge in [-0.25, -0.2) is 0 Å². The quantitative estimate of drug-likeness (QED) is 0.887. The molecule has 0 radical (unpaired) electrons. The summed E-state index contributed by atoms with van der Waals surface area (Å²) in [5, 5.41) is 7.47. The average molecular weight is 341 g/mol. The van der Waals surface area contributed by atoms with Crippen molar-refractivity contribution >= 4 is 11.8 Å². The lowest BCUT2D eigenvalue weighted by molar-refractivity contribution is -0.120. The third-order valence-corrected chi connectivity index (χ3v) is 5.68. The lowest BCUT2D eigenvalue weighted by atomic mass is 9.75. The van der Waals surface area contributed by atoms with E-state index in [2.05, 4.69) is 10.4 Å². The summed E-state index contributed by atoms with van der Waals surface area (Å²) >= 11 is 0. The topological polar surface area (TPSA) is 72.2 Å². The van der Waals surface area contributed by atoms with Crippen LogP contribution in [0.2, 0.25) is 0 Å². The number of hydrogen-bond donors (Lipinski definition) is 1. The molecule has 0 aliphatic carbocycles. The summed E-state index contributed by atoms with van der Waals surface area (Å²) in [5.41, 5.74) is 1.55. The van der Waals surface area contributed by atoms with Gasteiger partial charge in [0.05, 0.1) is 11.7 Å². The molecule has 1 N–H and O–H groups in total. The van der Waals surface area contributed by atoms with Crippen molar-refractivity contribution in [3.8, 4) is 0 Å². The van der Waals surface area contributed by atoms with E-state index in [4.69, 9.17) is 0 Å². The average Bonchev–Trinajstić information content (AvgIpc) is 3.27. The van der Waals surface area contributed by atoms with Crippen molar-refractivity contribution in [2.45, 2.75) is 30.7 Å². The molecule has 7 heteroatoms. The van der Waals surface area contributed by atoms with Gasteiger partial charge in [-0.1, -0.05) is 0 Å². The number of likely N-dealkylation sites (tertiary alicyclic amines) is 1. The zero-order valence-corrected chi connectivity index (χ0v) is 14.6. The van der Waals surface area contributed by atoms with Crippen molar-refractivity contribution in [1.29, 1.82) is 0 Å². The first-order chi connectivity index (χ1) is 12.0. The highest BCUT2D eigenvalue weighted by atomic mass is 16.2. The Morgan fingerprint density at radius 3 is 2.68 bits per heavy atom. The predicted octanol–water partition coefficient (Wildman–Crippen LogP) is 1.04. The molecule has 2 aliphatic rings. The first-order valence-electron chi connectivity index (χ1n) is 8.69. The van der Waals surface area contributed by atoms with Crippen LogP contribution in [0, 0.1) is 0 Å². The number of nitrogens with zero attached hydrogens (tertiary/aromatic N) is 4. The van der Waals surface area contributed by atoms with Gasteiger partial charge in [-0.2, -0.15) is 5.10 Å². The Morgan fingerprint density at radius 1 is 1.32 bits per heavy atom. The van der Waals surface area contributed by atoms with Gasteiger partial charge >= 0.3 is 0 Å². The first kappa shape index (κ1) is 15.9. The second-order valence-corrected chi connectivity index (χ2v) is 7.20. The van der Waals surface area contributed by atoms with Crippen LogP contribution in [0.3, 0.4) is 0 Å². The fourth-order valence-electron chi connectivity index (χ4n) is 4.28. The van der Waals surface area contributed by atoms with E-state index in [9.17, 15) is 9.59 Å². The van der Waals surface area contributed by atoms with Crippen LogP contribution in [0.15, 0.2) is 30.7 Å². The number of nitrogens with one attached hydrogen (secondary N) is 1. The van der Waals surface area contributed by atoms with E-state index < -0.39 is 0 Å². The van der Waals surface area contributed by atoms with Crippen molar-refractivity contribution in [2.75, 3.05) is 13.1 Å². The van der Waals surface area contributed by atoms with Crippen molar-refractivity contribution in [1.82, 2.24) is 24.6 Å². The monoisotopic (exact) mass is 341 g/mol. The highest BCUT2D eigenvalue weighted by molar-refractivity contribution is 5.93. The Balaban J connectivity index is 1.52. The normalized spacial score (nSPS) is 22.4. The fourth-order valence-corrected chi connectivity index (χ4v) is 4.28. The van der Waals surface area contributed by atoms with E-state index >= 15 is 0 Å². The molecule has 0 unspecified atom stereocenters. The number of aromatic nitrogens is 3. The van der Waals surface area contributed by atoms with Gasteiger partial charge in [0.15, 0.2) is 0 Å². The third-order valence-electron chi connectivity index (χ3n) is 5.68. The van der Waals surface area contributed by atoms with Crippen LogP contribution >= 0.6 is 0 Å². The molecule has 2 saturated heterocycles. The second-order valence-electron chi connectivity index (χ2n) is 7.20. The van der Waals surface area contributed by atoms with Crippen LogP contribution in [0.1, 0.15) is 41.2 Å². The van der Waals surface area contributed by atoms with Crippen molar-refractivity contribution in [3.63, 3.8) is 0 Å². The molecule has 2 aliphatic heterocycles. The zero-order chi connectivity index (χ0) is 17.6. The van der Waals surface area contributed by atoms with Gasteiger partial charge in [0, 0.05) is 51.9 Å². The molecule has 1 spiro atoms. The number of amides is 2. The standard InChI is InChI=1S/C18H23N5O2/c1-21-7-3-4-15(21)17(25)23-8-5-18(6-9-23)14(10-16(24)20-18)13-11-19-22(2)12-13/h3-4,7,11-12,14H,5-6,8-10H2,1-2H3,(H,20,24)/t14-/m1/s1. The smallest absolute Gasteiger partial charge is 0.270 e. The maximum absolute atomic E-state index is 12.7. The molecule has 132 valence electrons. The Kier molecular flexibility index (Phi) is 3.67. The Labute approximate surface area is 146 Å². The van der Waals surface area contributed by atoms with Crippen molar-refractivity contribution in [3.05, 3.63) is 42.0 Å². The van der Waals surface area contributed by atoms with Crippen LogP contribution in [-0.4, -0.2) is 49.7 Å². The lowest BCUT2D eigenvalue weighted by Crippen LogP contribution is -2.54. The van der Waals surface area contributed by atoms with E-state index in [-0.39, 0.29) is 23.3 Å². The zero-order valence-electron chi connectivity index (χ0n) is 14.6. The fraction of sp³-hybridized carbons (Fsp3) is 0.500. The minimum absolute atomic E-state index is 0.0598. The highest BCUT2D eigenvalue weighted by Gasteiger charge is 2.49. The van der Waals surface area contributed by atoms with E-state index in [0.29, 0.717) is 25.2 Å². The molecule has 2 aromatic heterocycles. The van der Waals surface area contributed by atoms with E-state index in [1.54, 1.807) is 4.68 Å². The number of piperidine rings is 1. The Morgan fingerprint density at radius 2 is 2.08 bits per heavy atom. The molecule has 7 nitrogen and oxygen atoms in total. The molecule has 2 amide bonds. The number of aryl methyl sites for hydroxylation is 2. The maximum Gasteiger partial charge on any atom is 0.270 e. The second kappa shape index (κ2) is 5.75. The Bertz CT molecular complexity index is 813.